The number of hydrogen-bond acceptors (Lipinski definition) is 4. The Balaban J connectivity index is 2.46. The zero-order valence-electron chi connectivity index (χ0n) is 14.8. The summed E-state index contributed by atoms with van der Waals surface area (Å²) in [7, 11) is 0. The van der Waals surface area contributed by atoms with Crippen LogP contribution in [0.25, 0.3) is 0 Å². The Morgan fingerprint density at radius 3 is 2.23 bits per heavy atom. The molecule has 0 saturated carbocycles. The topological polar surface area (TPSA) is 49.9 Å². The number of likely N-dealkylation sites (tertiary alicyclic amines) is 1. The van der Waals surface area contributed by atoms with Crippen LogP contribution in [0.3, 0.4) is 0 Å². The van der Waals surface area contributed by atoms with E-state index in [0.29, 0.717) is 38.2 Å². The zero-order valence-corrected chi connectivity index (χ0v) is 14.8. The Labute approximate surface area is 135 Å². The van der Waals surface area contributed by atoms with Crippen molar-refractivity contribution in [2.24, 2.45) is 11.8 Å². The first-order valence-corrected chi connectivity index (χ1v) is 8.53. The van der Waals surface area contributed by atoms with Gasteiger partial charge in [0.05, 0.1) is 19.1 Å². The van der Waals surface area contributed by atoms with Gasteiger partial charge in [0, 0.05) is 25.7 Å². The Morgan fingerprint density at radius 2 is 1.77 bits per heavy atom. The van der Waals surface area contributed by atoms with Crippen LogP contribution >= 0.6 is 0 Å². The highest BCUT2D eigenvalue weighted by molar-refractivity contribution is 5.79. The molecular formula is C17H32N2O3. The molecule has 0 aromatic carbocycles. The molecule has 128 valence electrons. The van der Waals surface area contributed by atoms with E-state index in [9.17, 15) is 9.59 Å². The molecule has 5 nitrogen and oxygen atoms in total. The van der Waals surface area contributed by atoms with Crippen molar-refractivity contribution < 1.29 is 14.3 Å². The second kappa shape index (κ2) is 9.13. The van der Waals surface area contributed by atoms with Crippen LogP contribution in [0.5, 0.6) is 0 Å². The lowest BCUT2D eigenvalue weighted by Gasteiger charge is -2.34. The van der Waals surface area contributed by atoms with Gasteiger partial charge in [-0.15, -0.1) is 0 Å². The monoisotopic (exact) mass is 312 g/mol. The summed E-state index contributed by atoms with van der Waals surface area (Å²) in [4.78, 5) is 28.3. The normalized spacial score (nSPS) is 16.6. The molecule has 0 bridgehead atoms. The third-order valence-corrected chi connectivity index (χ3v) is 4.14. The largest absolute Gasteiger partial charge is 0.466 e. The number of amides is 1. The highest BCUT2D eigenvalue weighted by Gasteiger charge is 2.29. The van der Waals surface area contributed by atoms with E-state index in [4.69, 9.17) is 4.74 Å². The van der Waals surface area contributed by atoms with Gasteiger partial charge in [-0.05, 0) is 39.5 Å². The summed E-state index contributed by atoms with van der Waals surface area (Å²) in [5, 5.41) is 0. The first-order chi connectivity index (χ1) is 10.3. The minimum atomic E-state index is -0.113. The molecule has 0 aliphatic carbocycles. The van der Waals surface area contributed by atoms with E-state index in [2.05, 4.69) is 32.6 Å². The predicted octanol–water partition coefficient (Wildman–Crippen LogP) is 2.15. The van der Waals surface area contributed by atoms with Gasteiger partial charge in [-0.2, -0.15) is 0 Å². The molecule has 0 spiro atoms. The second-order valence-corrected chi connectivity index (χ2v) is 6.82. The van der Waals surface area contributed by atoms with Gasteiger partial charge in [0.15, 0.2) is 0 Å². The lowest BCUT2D eigenvalue weighted by atomic mass is 9.97. The van der Waals surface area contributed by atoms with Gasteiger partial charge in [0.25, 0.3) is 0 Å². The minimum absolute atomic E-state index is 0.0409. The van der Waals surface area contributed by atoms with E-state index >= 15 is 0 Å². The van der Waals surface area contributed by atoms with Gasteiger partial charge in [-0.1, -0.05) is 13.8 Å². The maximum absolute atomic E-state index is 12.5. The van der Waals surface area contributed by atoms with Crippen LogP contribution in [0, 0.1) is 11.8 Å². The van der Waals surface area contributed by atoms with Crippen molar-refractivity contribution in [3.8, 4) is 0 Å². The Bertz CT molecular complexity index is 361. The summed E-state index contributed by atoms with van der Waals surface area (Å²) >= 11 is 0. The minimum Gasteiger partial charge on any atom is -0.466 e. The fourth-order valence-corrected chi connectivity index (χ4v) is 2.83. The average Bonchev–Trinajstić information content (AvgIpc) is 2.46. The first kappa shape index (κ1) is 18.9. The SMILES string of the molecule is CCOC(=O)C1CCN(C(=O)CN(CC(C)C)C(C)C)CC1. The molecule has 22 heavy (non-hydrogen) atoms. The summed E-state index contributed by atoms with van der Waals surface area (Å²) in [6, 6.07) is 0.364. The molecule has 5 heteroatoms. The quantitative estimate of drug-likeness (QED) is 0.676. The van der Waals surface area contributed by atoms with Gasteiger partial charge in [-0.25, -0.2) is 0 Å². The number of carbonyl (C=O) groups excluding carboxylic acids is 2. The van der Waals surface area contributed by atoms with Gasteiger partial charge in [-0.3, -0.25) is 14.5 Å². The van der Waals surface area contributed by atoms with Crippen LogP contribution in [-0.4, -0.2) is 60.5 Å². The Hall–Kier alpha value is -1.10. The van der Waals surface area contributed by atoms with Crippen molar-refractivity contribution >= 4 is 11.9 Å². The van der Waals surface area contributed by atoms with Crippen molar-refractivity contribution in [1.29, 1.82) is 0 Å². The summed E-state index contributed by atoms with van der Waals surface area (Å²) in [5.41, 5.74) is 0. The molecule has 1 aliphatic heterocycles. The number of rotatable bonds is 7. The first-order valence-electron chi connectivity index (χ1n) is 8.53. The number of hydrogen-bond donors (Lipinski definition) is 0. The van der Waals surface area contributed by atoms with Gasteiger partial charge in [0.1, 0.15) is 0 Å². The summed E-state index contributed by atoms with van der Waals surface area (Å²) < 4.78 is 5.07. The lowest BCUT2D eigenvalue weighted by Crippen LogP contribution is -2.47. The summed E-state index contributed by atoms with van der Waals surface area (Å²) in [6.45, 7) is 13.6. The third-order valence-electron chi connectivity index (χ3n) is 4.14. The molecule has 0 N–H and O–H groups in total. The molecule has 1 heterocycles. The molecule has 1 fully saturated rings. The standard InChI is InChI=1S/C17H32N2O3/c1-6-22-17(21)15-7-9-18(10-8-15)16(20)12-19(14(4)5)11-13(2)3/h13-15H,6-12H2,1-5H3. The molecule has 1 amide bonds. The number of piperidine rings is 1. The van der Waals surface area contributed by atoms with Crippen LogP contribution in [0.4, 0.5) is 0 Å². The molecule has 0 aromatic heterocycles. The molecule has 0 radical (unpaired) electrons. The predicted molar refractivity (Wildman–Crippen MR) is 87.5 cm³/mol. The third kappa shape index (κ3) is 5.95. The van der Waals surface area contributed by atoms with Crippen molar-refractivity contribution in [3.05, 3.63) is 0 Å². The summed E-state index contributed by atoms with van der Waals surface area (Å²) in [6.07, 6.45) is 1.44. The van der Waals surface area contributed by atoms with E-state index in [1.807, 2.05) is 11.8 Å². The van der Waals surface area contributed by atoms with E-state index < -0.39 is 0 Å². The fraction of sp³-hybridized carbons (Fsp3) is 0.882. The Morgan fingerprint density at radius 1 is 1.18 bits per heavy atom. The molecular weight excluding hydrogens is 280 g/mol. The Kier molecular flexibility index (Phi) is 7.87. The molecule has 0 aromatic rings. The number of carbonyl (C=O) groups is 2. The highest BCUT2D eigenvalue weighted by atomic mass is 16.5. The summed E-state index contributed by atoms with van der Waals surface area (Å²) in [5.74, 6) is 0.570. The second-order valence-electron chi connectivity index (χ2n) is 6.82. The van der Waals surface area contributed by atoms with Crippen molar-refractivity contribution in [2.75, 3.05) is 32.8 Å². The van der Waals surface area contributed by atoms with Crippen molar-refractivity contribution in [2.45, 2.75) is 53.5 Å². The van der Waals surface area contributed by atoms with Crippen molar-refractivity contribution in [3.63, 3.8) is 0 Å². The van der Waals surface area contributed by atoms with Gasteiger partial charge < -0.3 is 9.64 Å². The lowest BCUT2D eigenvalue weighted by molar-refractivity contribution is -0.151. The molecule has 1 aliphatic rings. The maximum Gasteiger partial charge on any atom is 0.309 e. The van der Waals surface area contributed by atoms with Gasteiger partial charge >= 0.3 is 5.97 Å². The smallest absolute Gasteiger partial charge is 0.309 e. The zero-order chi connectivity index (χ0) is 16.7. The fourth-order valence-electron chi connectivity index (χ4n) is 2.83. The van der Waals surface area contributed by atoms with E-state index in [1.54, 1.807) is 0 Å². The number of ether oxygens (including phenoxy) is 1. The van der Waals surface area contributed by atoms with Crippen LogP contribution in [0.2, 0.25) is 0 Å². The number of nitrogens with zero attached hydrogens (tertiary/aromatic N) is 2. The molecule has 0 atom stereocenters. The maximum atomic E-state index is 12.5. The number of esters is 1. The van der Waals surface area contributed by atoms with E-state index in [0.717, 1.165) is 19.4 Å². The van der Waals surface area contributed by atoms with Gasteiger partial charge in [0.2, 0.25) is 5.91 Å². The van der Waals surface area contributed by atoms with Crippen LogP contribution in [0.1, 0.15) is 47.5 Å². The van der Waals surface area contributed by atoms with Crippen molar-refractivity contribution in [1.82, 2.24) is 9.80 Å². The van der Waals surface area contributed by atoms with E-state index in [1.165, 1.54) is 0 Å². The molecule has 1 rings (SSSR count). The van der Waals surface area contributed by atoms with Crippen LogP contribution < -0.4 is 0 Å². The average molecular weight is 312 g/mol. The highest BCUT2D eigenvalue weighted by Crippen LogP contribution is 2.19. The molecule has 0 unspecified atom stereocenters. The van der Waals surface area contributed by atoms with E-state index in [-0.39, 0.29) is 17.8 Å². The van der Waals surface area contributed by atoms with Crippen LogP contribution in [0.15, 0.2) is 0 Å². The molecule has 1 saturated heterocycles. The van der Waals surface area contributed by atoms with Crippen LogP contribution in [-0.2, 0) is 14.3 Å².